The molecule has 3 aliphatic rings. The number of ether oxygens (including phenoxy) is 1. The van der Waals surface area contributed by atoms with Gasteiger partial charge in [0.15, 0.2) is 18.1 Å². The first-order chi connectivity index (χ1) is 18.5. The number of rotatable bonds is 10. The molecule has 3 heterocycles. The van der Waals surface area contributed by atoms with Gasteiger partial charge in [0.05, 0.1) is 23.7 Å². The van der Waals surface area contributed by atoms with Gasteiger partial charge in [-0.1, -0.05) is 13.3 Å². The molecule has 0 radical (unpaired) electrons. The number of alkyl halides is 2. The Morgan fingerprint density at radius 2 is 1.77 bits per heavy atom. The third kappa shape index (κ3) is 6.71. The van der Waals surface area contributed by atoms with Gasteiger partial charge >= 0.3 is 0 Å². The zero-order valence-electron chi connectivity index (χ0n) is 22.4. The molecule has 1 aromatic heterocycles. The lowest BCUT2D eigenvalue weighted by molar-refractivity contribution is 0.110. The zero-order valence-corrected chi connectivity index (χ0v) is 24.0. The molecule has 6 atom stereocenters. The molecule has 2 aliphatic heterocycles. The fourth-order valence-electron chi connectivity index (χ4n) is 5.62. The molecule has 1 aliphatic carbocycles. The van der Waals surface area contributed by atoms with Crippen LogP contribution in [0.15, 0.2) is 35.9 Å². The maximum absolute atomic E-state index is 14.5. The van der Waals surface area contributed by atoms with Gasteiger partial charge in [-0.2, -0.15) is 0 Å². The fraction of sp³-hybridized carbons (Fsp3) is 0.692. The van der Waals surface area contributed by atoms with Crippen LogP contribution in [-0.2, 0) is 10.0 Å². The number of allylic oxidation sites excluding steroid dienone is 3. The molecule has 0 saturated carbocycles. The maximum atomic E-state index is 14.5. The first kappa shape index (κ1) is 30.1. The molecule has 13 heteroatoms. The smallest absolute Gasteiger partial charge is 0.225 e. The van der Waals surface area contributed by atoms with Crippen molar-refractivity contribution in [1.82, 2.24) is 19.1 Å². The molecule has 1 N–H and O–H groups in total. The lowest BCUT2D eigenvalue weighted by Gasteiger charge is -2.35. The van der Waals surface area contributed by atoms with E-state index < -0.39 is 40.2 Å². The lowest BCUT2D eigenvalue weighted by atomic mass is 9.89. The highest BCUT2D eigenvalue weighted by Crippen LogP contribution is 2.36. The summed E-state index contributed by atoms with van der Waals surface area (Å²) in [5.41, 5.74) is 0.0875. The van der Waals surface area contributed by atoms with Crippen molar-refractivity contribution in [2.45, 2.75) is 76.2 Å². The molecule has 2 saturated heterocycles. The number of anilines is 1. The molecule has 2 unspecified atom stereocenters. The van der Waals surface area contributed by atoms with Crippen LogP contribution < -0.4 is 14.5 Å². The van der Waals surface area contributed by atoms with Crippen molar-refractivity contribution in [3.63, 3.8) is 0 Å². The Hall–Kier alpha value is -1.89. The summed E-state index contributed by atoms with van der Waals surface area (Å²) in [6.45, 7) is 7.32. The molecule has 0 aromatic carbocycles. The van der Waals surface area contributed by atoms with Gasteiger partial charge in [0, 0.05) is 38.1 Å². The number of piperidine rings is 1. The van der Waals surface area contributed by atoms with Crippen LogP contribution >= 0.6 is 11.8 Å². The van der Waals surface area contributed by atoms with Gasteiger partial charge in [-0.15, -0.1) is 0 Å². The van der Waals surface area contributed by atoms with E-state index in [1.54, 1.807) is 28.5 Å². The van der Waals surface area contributed by atoms with Gasteiger partial charge in [-0.05, 0) is 68.5 Å². The Morgan fingerprint density at radius 1 is 1.13 bits per heavy atom. The third-order valence-electron chi connectivity index (χ3n) is 8.03. The van der Waals surface area contributed by atoms with Gasteiger partial charge in [-0.3, -0.25) is 0 Å². The molecular weight excluding hydrogens is 555 g/mol. The van der Waals surface area contributed by atoms with E-state index in [0.717, 1.165) is 12.5 Å². The molecule has 0 bridgehead atoms. The van der Waals surface area contributed by atoms with Gasteiger partial charge < -0.3 is 9.64 Å². The normalized spacial score (nSPS) is 28.6. The van der Waals surface area contributed by atoms with E-state index in [0.29, 0.717) is 56.7 Å². The highest BCUT2D eigenvalue weighted by Gasteiger charge is 2.40. The van der Waals surface area contributed by atoms with Crippen molar-refractivity contribution >= 4 is 27.7 Å². The summed E-state index contributed by atoms with van der Waals surface area (Å²) in [6, 6.07) is -0.417. The van der Waals surface area contributed by atoms with Crippen molar-refractivity contribution in [1.29, 1.82) is 0 Å². The Balaban J connectivity index is 1.33. The minimum atomic E-state index is -3.28. The van der Waals surface area contributed by atoms with Crippen molar-refractivity contribution in [2.75, 3.05) is 31.1 Å². The van der Waals surface area contributed by atoms with Gasteiger partial charge in [0.1, 0.15) is 5.83 Å². The monoisotopic (exact) mass is 591 g/mol. The first-order valence-corrected chi connectivity index (χ1v) is 15.4. The molecule has 1 aromatic rings. The van der Waals surface area contributed by atoms with Crippen LogP contribution in [0.1, 0.15) is 46.5 Å². The minimum absolute atomic E-state index is 0.0875. The van der Waals surface area contributed by atoms with Crippen LogP contribution in [0, 0.1) is 11.8 Å². The quantitative estimate of drug-likeness (QED) is 0.401. The molecule has 0 spiro atoms. The number of sulfonamides is 1. The predicted octanol–water partition coefficient (Wildman–Crippen LogP) is 4.49. The standard InChI is InChI=1S/C26H37ClF3N5O3S/c1-4-5-16(2)39(36,37)35-8-6-18(7-9-35)17(3)38-19-12-31-26(32-13-19)34-14-21(25(15-34)33-27)20-10-23(29)24(30)11-22(20)28/h10-13,16-18,21,23-25,33H,4-9,14-15H2,1-3H3/t16-,17+,21-,23?,24?,25+/m1/s1. The van der Waals surface area contributed by atoms with Gasteiger partial charge in [-0.25, -0.2) is 40.7 Å². The summed E-state index contributed by atoms with van der Waals surface area (Å²) in [7, 11) is -3.28. The molecular formula is C26H37ClF3N5O3S. The van der Waals surface area contributed by atoms with Crippen LogP contribution in [0.2, 0.25) is 0 Å². The van der Waals surface area contributed by atoms with E-state index in [4.69, 9.17) is 16.5 Å². The average molecular weight is 592 g/mol. The van der Waals surface area contributed by atoms with Crippen molar-refractivity contribution in [2.24, 2.45) is 11.8 Å². The number of hydrogen-bond acceptors (Lipinski definition) is 7. The van der Waals surface area contributed by atoms with Crippen molar-refractivity contribution in [3.8, 4) is 5.75 Å². The van der Waals surface area contributed by atoms with E-state index in [-0.39, 0.29) is 29.4 Å². The van der Waals surface area contributed by atoms with Crippen LogP contribution in [0.4, 0.5) is 19.1 Å². The summed E-state index contributed by atoms with van der Waals surface area (Å²) in [5.74, 6) is -0.224. The molecule has 39 heavy (non-hydrogen) atoms. The molecule has 8 nitrogen and oxygen atoms in total. The van der Waals surface area contributed by atoms with Crippen LogP contribution in [0.3, 0.4) is 0 Å². The summed E-state index contributed by atoms with van der Waals surface area (Å²) in [6.07, 6.45) is 3.63. The number of aromatic nitrogens is 2. The topological polar surface area (TPSA) is 87.7 Å². The Morgan fingerprint density at radius 3 is 2.38 bits per heavy atom. The molecule has 4 rings (SSSR count). The summed E-state index contributed by atoms with van der Waals surface area (Å²) in [4.78, 5) is 13.2. The van der Waals surface area contributed by atoms with Crippen LogP contribution in [0.25, 0.3) is 0 Å². The van der Waals surface area contributed by atoms with Crippen LogP contribution in [-0.4, -0.2) is 78.6 Å². The summed E-state index contributed by atoms with van der Waals surface area (Å²) >= 11 is 5.90. The molecule has 0 amide bonds. The Bertz CT molecular complexity index is 1150. The largest absolute Gasteiger partial charge is 0.487 e. The highest BCUT2D eigenvalue weighted by atomic mass is 35.5. The molecule has 218 valence electrons. The Kier molecular flexibility index (Phi) is 9.83. The summed E-state index contributed by atoms with van der Waals surface area (Å²) < 4.78 is 75.2. The Labute approximate surface area is 233 Å². The number of halogens is 4. The second-order valence-corrected chi connectivity index (χ2v) is 13.2. The number of hydrogen-bond donors (Lipinski definition) is 1. The van der Waals surface area contributed by atoms with E-state index in [9.17, 15) is 21.6 Å². The minimum Gasteiger partial charge on any atom is -0.487 e. The van der Waals surface area contributed by atoms with E-state index in [2.05, 4.69) is 14.8 Å². The number of nitrogens with one attached hydrogen (secondary N) is 1. The SMILES string of the molecule is CCC[C@@H](C)S(=O)(=O)N1CCC([C@H](C)Oc2cnc(N3C[C@H](NCl)[C@@H](C4=CC(F)C(F)C=C4F)C3)nc2)CC1. The van der Waals surface area contributed by atoms with E-state index in [1.165, 1.54) is 0 Å². The second-order valence-electron chi connectivity index (χ2n) is 10.7. The van der Waals surface area contributed by atoms with Gasteiger partial charge in [0.2, 0.25) is 16.0 Å². The zero-order chi connectivity index (χ0) is 28.3. The predicted molar refractivity (Wildman–Crippen MR) is 145 cm³/mol. The number of nitrogens with zero attached hydrogens (tertiary/aromatic N) is 4. The second kappa shape index (κ2) is 12.7. The van der Waals surface area contributed by atoms with Crippen LogP contribution in [0.5, 0.6) is 5.75 Å². The maximum Gasteiger partial charge on any atom is 0.225 e. The van der Waals surface area contributed by atoms with E-state index >= 15 is 0 Å². The molecule has 2 fully saturated rings. The van der Waals surface area contributed by atoms with Gasteiger partial charge in [0.25, 0.3) is 0 Å². The highest BCUT2D eigenvalue weighted by molar-refractivity contribution is 7.89. The van der Waals surface area contributed by atoms with Crippen molar-refractivity contribution < 1.29 is 26.3 Å². The van der Waals surface area contributed by atoms with Crippen molar-refractivity contribution in [3.05, 3.63) is 35.9 Å². The fourth-order valence-corrected chi connectivity index (χ4v) is 7.60. The average Bonchev–Trinajstić information content (AvgIpc) is 3.35. The van der Waals surface area contributed by atoms with E-state index in [1.807, 2.05) is 13.8 Å². The summed E-state index contributed by atoms with van der Waals surface area (Å²) in [5, 5.41) is -0.372. The third-order valence-corrected chi connectivity index (χ3v) is 10.6. The lowest BCUT2D eigenvalue weighted by Crippen LogP contribution is -2.44. The first-order valence-electron chi connectivity index (χ1n) is 13.5.